The Balaban J connectivity index is 1.81. The first kappa shape index (κ1) is 16.7. The van der Waals surface area contributed by atoms with Crippen molar-refractivity contribution in [3.8, 4) is 0 Å². The van der Waals surface area contributed by atoms with Crippen LogP contribution in [0.2, 0.25) is 0 Å². The van der Waals surface area contributed by atoms with Crippen LogP contribution < -0.4 is 10.2 Å². The van der Waals surface area contributed by atoms with E-state index in [0.717, 1.165) is 17.1 Å². The molecule has 0 radical (unpaired) electrons. The molecule has 0 atom stereocenters. The summed E-state index contributed by atoms with van der Waals surface area (Å²) < 4.78 is 0. The fourth-order valence-corrected chi connectivity index (χ4v) is 2.57. The zero-order valence-corrected chi connectivity index (χ0v) is 14.7. The quantitative estimate of drug-likeness (QED) is 0.752. The third-order valence-electron chi connectivity index (χ3n) is 4.23. The van der Waals surface area contributed by atoms with E-state index in [0.29, 0.717) is 5.56 Å². The van der Waals surface area contributed by atoms with E-state index in [2.05, 4.69) is 36.3 Å². The minimum atomic E-state index is -0.0950. The van der Waals surface area contributed by atoms with Crippen molar-refractivity contribution in [1.29, 1.82) is 0 Å². The molecule has 3 rings (SSSR count). The molecular weight excluding hydrogens is 310 g/mol. The molecule has 1 heterocycles. The van der Waals surface area contributed by atoms with Gasteiger partial charge in [0.2, 0.25) is 0 Å². The molecule has 0 saturated heterocycles. The Kier molecular flexibility index (Phi) is 4.80. The maximum atomic E-state index is 12.7. The Morgan fingerprint density at radius 3 is 2.40 bits per heavy atom. The normalized spacial score (nSPS) is 10.4. The van der Waals surface area contributed by atoms with Crippen LogP contribution in [0, 0.1) is 13.8 Å². The molecule has 0 aliphatic carbocycles. The molecule has 0 aliphatic rings. The molecule has 1 amide bonds. The molecule has 0 unspecified atom stereocenters. The zero-order chi connectivity index (χ0) is 17.8. The van der Waals surface area contributed by atoms with Crippen LogP contribution in [0.1, 0.15) is 21.5 Å². The van der Waals surface area contributed by atoms with Gasteiger partial charge in [-0.3, -0.25) is 9.78 Å². The molecule has 0 spiro atoms. The Hall–Kier alpha value is -3.14. The number of aryl methyl sites for hydroxylation is 2. The summed E-state index contributed by atoms with van der Waals surface area (Å²) in [5, 5.41) is 3.31. The highest BCUT2D eigenvalue weighted by molar-refractivity contribution is 6.06. The third-order valence-corrected chi connectivity index (χ3v) is 4.23. The standard InChI is InChI=1S/C21H21N3O/c1-15-9-10-18(11-16(15)2)23-19-12-17(13-22-14-19)21(25)24(3)20-7-5-4-6-8-20/h4-14,23H,1-3H3. The highest BCUT2D eigenvalue weighted by Crippen LogP contribution is 2.21. The van der Waals surface area contributed by atoms with Gasteiger partial charge in [-0.2, -0.15) is 0 Å². The van der Waals surface area contributed by atoms with Crippen LogP contribution in [0.5, 0.6) is 0 Å². The maximum Gasteiger partial charge on any atom is 0.259 e. The van der Waals surface area contributed by atoms with Crippen LogP contribution in [0.25, 0.3) is 0 Å². The molecule has 3 aromatic rings. The number of para-hydroxylation sites is 1. The van der Waals surface area contributed by atoms with E-state index in [1.54, 1.807) is 24.3 Å². The minimum Gasteiger partial charge on any atom is -0.354 e. The van der Waals surface area contributed by atoms with Crippen molar-refractivity contribution in [3.05, 3.63) is 83.7 Å². The number of hydrogen-bond acceptors (Lipinski definition) is 3. The van der Waals surface area contributed by atoms with Gasteiger partial charge in [0, 0.05) is 24.6 Å². The summed E-state index contributed by atoms with van der Waals surface area (Å²) in [5.74, 6) is -0.0950. The van der Waals surface area contributed by atoms with Gasteiger partial charge in [-0.05, 0) is 55.3 Å². The van der Waals surface area contributed by atoms with Crippen molar-refractivity contribution < 1.29 is 4.79 Å². The smallest absolute Gasteiger partial charge is 0.259 e. The van der Waals surface area contributed by atoms with Crippen molar-refractivity contribution in [3.63, 3.8) is 0 Å². The predicted molar refractivity (Wildman–Crippen MR) is 103 cm³/mol. The molecular formula is C21H21N3O. The van der Waals surface area contributed by atoms with Gasteiger partial charge in [0.15, 0.2) is 0 Å². The highest BCUT2D eigenvalue weighted by Gasteiger charge is 2.14. The minimum absolute atomic E-state index is 0.0950. The van der Waals surface area contributed by atoms with E-state index in [1.807, 2.05) is 42.5 Å². The number of nitrogens with one attached hydrogen (secondary N) is 1. The van der Waals surface area contributed by atoms with E-state index in [4.69, 9.17) is 0 Å². The van der Waals surface area contributed by atoms with Gasteiger partial charge in [-0.25, -0.2) is 0 Å². The second-order valence-corrected chi connectivity index (χ2v) is 6.09. The summed E-state index contributed by atoms with van der Waals surface area (Å²) in [6.45, 7) is 4.16. The van der Waals surface area contributed by atoms with E-state index in [9.17, 15) is 4.79 Å². The van der Waals surface area contributed by atoms with Gasteiger partial charge in [0.05, 0.1) is 17.4 Å². The Morgan fingerprint density at radius 2 is 1.68 bits per heavy atom. The van der Waals surface area contributed by atoms with Crippen LogP contribution in [0.15, 0.2) is 67.0 Å². The van der Waals surface area contributed by atoms with E-state index >= 15 is 0 Å². The zero-order valence-electron chi connectivity index (χ0n) is 14.7. The van der Waals surface area contributed by atoms with Gasteiger partial charge < -0.3 is 10.2 Å². The molecule has 25 heavy (non-hydrogen) atoms. The van der Waals surface area contributed by atoms with Crippen molar-refractivity contribution >= 4 is 23.0 Å². The fraction of sp³-hybridized carbons (Fsp3) is 0.143. The summed E-state index contributed by atoms with van der Waals surface area (Å²) in [6, 6.07) is 17.6. The molecule has 126 valence electrons. The van der Waals surface area contributed by atoms with Gasteiger partial charge in [-0.15, -0.1) is 0 Å². The topological polar surface area (TPSA) is 45.2 Å². The van der Waals surface area contributed by atoms with Gasteiger partial charge in [-0.1, -0.05) is 24.3 Å². The van der Waals surface area contributed by atoms with Crippen LogP contribution >= 0.6 is 0 Å². The Bertz CT molecular complexity index is 891. The molecule has 4 nitrogen and oxygen atoms in total. The number of rotatable bonds is 4. The van der Waals surface area contributed by atoms with E-state index in [-0.39, 0.29) is 5.91 Å². The SMILES string of the molecule is Cc1ccc(Nc2cncc(C(=O)N(C)c3ccccc3)c2)cc1C. The fourth-order valence-electron chi connectivity index (χ4n) is 2.57. The lowest BCUT2D eigenvalue weighted by atomic mass is 10.1. The van der Waals surface area contributed by atoms with Crippen LogP contribution in [0.4, 0.5) is 17.1 Å². The number of pyridine rings is 1. The lowest BCUT2D eigenvalue weighted by molar-refractivity contribution is 0.0992. The largest absolute Gasteiger partial charge is 0.354 e. The van der Waals surface area contributed by atoms with Crippen molar-refractivity contribution in [2.75, 3.05) is 17.3 Å². The molecule has 0 saturated carbocycles. The summed E-state index contributed by atoms with van der Waals surface area (Å²) in [4.78, 5) is 18.5. The number of aromatic nitrogens is 1. The second kappa shape index (κ2) is 7.18. The van der Waals surface area contributed by atoms with Crippen LogP contribution in [-0.2, 0) is 0 Å². The van der Waals surface area contributed by atoms with E-state index < -0.39 is 0 Å². The van der Waals surface area contributed by atoms with Crippen LogP contribution in [0.3, 0.4) is 0 Å². The number of benzene rings is 2. The lowest BCUT2D eigenvalue weighted by Crippen LogP contribution is -2.26. The number of anilines is 3. The summed E-state index contributed by atoms with van der Waals surface area (Å²) in [7, 11) is 1.76. The first-order valence-corrected chi connectivity index (χ1v) is 8.17. The summed E-state index contributed by atoms with van der Waals surface area (Å²) in [6.07, 6.45) is 3.31. The maximum absolute atomic E-state index is 12.7. The molecule has 1 aromatic heterocycles. The lowest BCUT2D eigenvalue weighted by Gasteiger charge is -2.17. The highest BCUT2D eigenvalue weighted by atomic mass is 16.2. The van der Waals surface area contributed by atoms with Crippen molar-refractivity contribution in [2.45, 2.75) is 13.8 Å². The first-order valence-electron chi connectivity index (χ1n) is 8.17. The monoisotopic (exact) mass is 331 g/mol. The Labute approximate surface area is 148 Å². The molecule has 0 aliphatic heterocycles. The third kappa shape index (κ3) is 3.86. The number of hydrogen-bond donors (Lipinski definition) is 1. The molecule has 0 fully saturated rings. The van der Waals surface area contributed by atoms with Crippen molar-refractivity contribution in [1.82, 2.24) is 4.98 Å². The Morgan fingerprint density at radius 1 is 0.920 bits per heavy atom. The summed E-state index contributed by atoms with van der Waals surface area (Å²) >= 11 is 0. The first-order chi connectivity index (χ1) is 12.0. The van der Waals surface area contributed by atoms with Crippen LogP contribution in [-0.4, -0.2) is 17.9 Å². The molecule has 2 aromatic carbocycles. The molecule has 4 heteroatoms. The molecule has 0 bridgehead atoms. The van der Waals surface area contributed by atoms with Crippen molar-refractivity contribution in [2.24, 2.45) is 0 Å². The van der Waals surface area contributed by atoms with E-state index in [1.165, 1.54) is 11.1 Å². The van der Waals surface area contributed by atoms with Gasteiger partial charge >= 0.3 is 0 Å². The second-order valence-electron chi connectivity index (χ2n) is 6.09. The number of carbonyl (C=O) groups is 1. The number of amides is 1. The van der Waals surface area contributed by atoms with Gasteiger partial charge in [0.1, 0.15) is 0 Å². The number of carbonyl (C=O) groups excluding carboxylic acids is 1. The predicted octanol–water partition coefficient (Wildman–Crippen LogP) is 4.72. The molecule has 1 N–H and O–H groups in total. The average Bonchev–Trinajstić information content (AvgIpc) is 2.64. The average molecular weight is 331 g/mol. The number of nitrogens with zero attached hydrogens (tertiary/aromatic N) is 2. The summed E-state index contributed by atoms with van der Waals surface area (Å²) in [5.41, 5.74) is 5.62. The van der Waals surface area contributed by atoms with Gasteiger partial charge in [0.25, 0.3) is 5.91 Å².